The Morgan fingerprint density at radius 2 is 1.85 bits per heavy atom. The van der Waals surface area contributed by atoms with Gasteiger partial charge in [-0.3, -0.25) is 4.79 Å². The van der Waals surface area contributed by atoms with Crippen LogP contribution in [0.15, 0.2) is 47.6 Å². The molecule has 3 rings (SSSR count). The summed E-state index contributed by atoms with van der Waals surface area (Å²) in [5.74, 6) is 6.67. The highest BCUT2D eigenvalue weighted by Gasteiger charge is 2.21. The van der Waals surface area contributed by atoms with Crippen LogP contribution < -0.4 is 11.2 Å². The van der Waals surface area contributed by atoms with Crippen molar-refractivity contribution < 1.29 is 4.79 Å². The summed E-state index contributed by atoms with van der Waals surface area (Å²) in [6.07, 6.45) is 0. The molecule has 140 valence electrons. The van der Waals surface area contributed by atoms with E-state index in [4.69, 9.17) is 5.84 Å². The number of nitrogens with zero attached hydrogens (tertiary/aromatic N) is 3. The van der Waals surface area contributed by atoms with Crippen molar-refractivity contribution in [2.75, 3.05) is 11.2 Å². The highest BCUT2D eigenvalue weighted by Crippen LogP contribution is 2.27. The minimum absolute atomic E-state index is 0.103. The van der Waals surface area contributed by atoms with Gasteiger partial charge in [0, 0.05) is 11.3 Å². The first-order chi connectivity index (χ1) is 12.9. The highest BCUT2D eigenvalue weighted by molar-refractivity contribution is 8.00. The van der Waals surface area contributed by atoms with E-state index in [0.717, 1.165) is 27.9 Å². The van der Waals surface area contributed by atoms with Gasteiger partial charge >= 0.3 is 0 Å². The van der Waals surface area contributed by atoms with Gasteiger partial charge < -0.3 is 11.2 Å². The van der Waals surface area contributed by atoms with E-state index in [-0.39, 0.29) is 11.2 Å². The minimum atomic E-state index is -0.374. The molecular formula is C20H23N5OS. The van der Waals surface area contributed by atoms with Crippen molar-refractivity contribution in [2.45, 2.75) is 38.1 Å². The zero-order chi connectivity index (χ0) is 19.6. The number of hydrogen-bond acceptors (Lipinski definition) is 5. The van der Waals surface area contributed by atoms with E-state index in [2.05, 4.69) is 15.5 Å². The van der Waals surface area contributed by atoms with Gasteiger partial charge in [-0.15, -0.1) is 10.2 Å². The third-order valence-corrected chi connectivity index (χ3v) is 5.41. The maximum atomic E-state index is 12.6. The molecule has 0 aliphatic heterocycles. The molecule has 6 nitrogen and oxygen atoms in total. The Kier molecular flexibility index (Phi) is 5.51. The fraction of sp³-hybridized carbons (Fsp3) is 0.250. The molecule has 0 saturated carbocycles. The lowest BCUT2D eigenvalue weighted by Crippen LogP contribution is -2.24. The van der Waals surface area contributed by atoms with E-state index in [9.17, 15) is 4.79 Å². The lowest BCUT2D eigenvalue weighted by atomic mass is 10.1. The Hall–Kier alpha value is -2.80. The molecule has 0 saturated heterocycles. The number of amides is 1. The molecule has 7 heteroatoms. The maximum Gasteiger partial charge on any atom is 0.237 e. The van der Waals surface area contributed by atoms with E-state index in [1.54, 1.807) is 0 Å². The topological polar surface area (TPSA) is 85.8 Å². The van der Waals surface area contributed by atoms with Gasteiger partial charge in [0.25, 0.3) is 0 Å². The van der Waals surface area contributed by atoms with Crippen LogP contribution >= 0.6 is 11.8 Å². The second-order valence-corrected chi connectivity index (χ2v) is 7.87. The van der Waals surface area contributed by atoms with Crippen LogP contribution in [0, 0.1) is 20.8 Å². The molecule has 1 amide bonds. The number of carbonyl (C=O) groups excluding carboxylic acids is 1. The van der Waals surface area contributed by atoms with Crippen molar-refractivity contribution in [3.63, 3.8) is 0 Å². The largest absolute Gasteiger partial charge is 0.335 e. The molecule has 0 fully saturated rings. The highest BCUT2D eigenvalue weighted by atomic mass is 32.2. The predicted octanol–water partition coefficient (Wildman–Crippen LogP) is 3.70. The number of aromatic nitrogens is 3. The van der Waals surface area contributed by atoms with Crippen LogP contribution in [-0.4, -0.2) is 26.0 Å². The molecule has 0 aliphatic carbocycles. The lowest BCUT2D eigenvalue weighted by Gasteiger charge is -2.13. The monoisotopic (exact) mass is 381 g/mol. The average molecular weight is 382 g/mol. The number of carbonyl (C=O) groups is 1. The molecule has 27 heavy (non-hydrogen) atoms. The SMILES string of the molecule is Cc1ccc(C)c(NC(=O)[C@@H](C)Sc2nnc(-c3ccccc3C)n2N)c1. The molecule has 0 bridgehead atoms. The van der Waals surface area contributed by atoms with Gasteiger partial charge in [0.15, 0.2) is 5.82 Å². The molecule has 0 aliphatic rings. The quantitative estimate of drug-likeness (QED) is 0.520. The van der Waals surface area contributed by atoms with E-state index in [0.29, 0.717) is 11.0 Å². The van der Waals surface area contributed by atoms with Crippen LogP contribution in [-0.2, 0) is 4.79 Å². The fourth-order valence-electron chi connectivity index (χ4n) is 2.68. The fourth-order valence-corrected chi connectivity index (χ4v) is 3.45. The van der Waals surface area contributed by atoms with E-state index in [1.807, 2.05) is 70.2 Å². The number of nitrogens with two attached hydrogens (primary N) is 1. The van der Waals surface area contributed by atoms with Gasteiger partial charge in [0.05, 0.1) is 5.25 Å². The third-order valence-electron chi connectivity index (χ3n) is 4.35. The number of nitrogen functional groups attached to an aromatic ring is 1. The number of hydrogen-bond donors (Lipinski definition) is 2. The summed E-state index contributed by atoms with van der Waals surface area (Å²) in [4.78, 5) is 12.6. The molecule has 1 aromatic heterocycles. The lowest BCUT2D eigenvalue weighted by molar-refractivity contribution is -0.115. The first kappa shape index (κ1) is 19.0. The number of nitrogens with one attached hydrogen (secondary N) is 1. The predicted molar refractivity (Wildman–Crippen MR) is 110 cm³/mol. The van der Waals surface area contributed by atoms with Crippen molar-refractivity contribution in [3.8, 4) is 11.4 Å². The molecular weight excluding hydrogens is 358 g/mol. The van der Waals surface area contributed by atoms with Crippen LogP contribution in [0.2, 0.25) is 0 Å². The number of thioether (sulfide) groups is 1. The summed E-state index contributed by atoms with van der Waals surface area (Å²) in [6, 6.07) is 13.8. The minimum Gasteiger partial charge on any atom is -0.335 e. The standard InChI is InChI=1S/C20H23N5OS/c1-12-9-10-14(3)17(11-12)22-19(26)15(4)27-20-24-23-18(25(20)21)16-8-6-5-7-13(16)2/h5-11,15H,21H2,1-4H3,(H,22,26)/t15-/m1/s1. The Bertz CT molecular complexity index is 982. The summed E-state index contributed by atoms with van der Waals surface area (Å²) >= 11 is 1.28. The van der Waals surface area contributed by atoms with Crippen molar-refractivity contribution in [1.82, 2.24) is 14.9 Å². The van der Waals surface area contributed by atoms with Crippen LogP contribution in [0.4, 0.5) is 5.69 Å². The molecule has 0 unspecified atom stereocenters. The molecule has 0 radical (unpaired) electrons. The Morgan fingerprint density at radius 1 is 1.11 bits per heavy atom. The van der Waals surface area contributed by atoms with E-state index >= 15 is 0 Å². The second kappa shape index (κ2) is 7.84. The van der Waals surface area contributed by atoms with E-state index in [1.165, 1.54) is 16.4 Å². The smallest absolute Gasteiger partial charge is 0.237 e. The average Bonchev–Trinajstić information content (AvgIpc) is 2.99. The van der Waals surface area contributed by atoms with Crippen molar-refractivity contribution in [2.24, 2.45) is 0 Å². The normalized spacial score (nSPS) is 12.0. The first-order valence-corrected chi connectivity index (χ1v) is 9.56. The van der Waals surface area contributed by atoms with Crippen molar-refractivity contribution in [1.29, 1.82) is 0 Å². The van der Waals surface area contributed by atoms with Crippen LogP contribution in [0.25, 0.3) is 11.4 Å². The van der Waals surface area contributed by atoms with E-state index < -0.39 is 0 Å². The number of aryl methyl sites for hydroxylation is 3. The maximum absolute atomic E-state index is 12.6. The zero-order valence-corrected chi connectivity index (χ0v) is 16.7. The van der Waals surface area contributed by atoms with Gasteiger partial charge in [-0.2, -0.15) is 0 Å². The third kappa shape index (κ3) is 4.14. The van der Waals surface area contributed by atoms with Gasteiger partial charge in [0.2, 0.25) is 11.1 Å². The molecule has 2 aromatic carbocycles. The van der Waals surface area contributed by atoms with Gasteiger partial charge in [-0.25, -0.2) is 4.68 Å². The molecule has 1 heterocycles. The van der Waals surface area contributed by atoms with Crippen LogP contribution in [0.3, 0.4) is 0 Å². The summed E-state index contributed by atoms with van der Waals surface area (Å²) in [6.45, 7) is 7.79. The number of rotatable bonds is 5. The van der Waals surface area contributed by atoms with Crippen LogP contribution in [0.1, 0.15) is 23.6 Å². The van der Waals surface area contributed by atoms with Crippen LogP contribution in [0.5, 0.6) is 0 Å². The summed E-state index contributed by atoms with van der Waals surface area (Å²) < 4.78 is 1.44. The Labute approximate surface area is 163 Å². The molecule has 0 spiro atoms. The van der Waals surface area contributed by atoms with Gasteiger partial charge in [0.1, 0.15) is 0 Å². The summed E-state index contributed by atoms with van der Waals surface area (Å²) in [5, 5.41) is 11.5. The number of anilines is 1. The first-order valence-electron chi connectivity index (χ1n) is 8.68. The molecule has 3 N–H and O–H groups in total. The molecule has 1 atom stereocenters. The van der Waals surface area contributed by atoms with Crippen molar-refractivity contribution >= 4 is 23.4 Å². The van der Waals surface area contributed by atoms with Gasteiger partial charge in [-0.05, 0) is 50.5 Å². The summed E-state index contributed by atoms with van der Waals surface area (Å²) in [5.41, 5.74) is 4.93. The summed E-state index contributed by atoms with van der Waals surface area (Å²) in [7, 11) is 0. The van der Waals surface area contributed by atoms with Crippen molar-refractivity contribution in [3.05, 3.63) is 59.2 Å². The zero-order valence-electron chi connectivity index (χ0n) is 15.9. The number of benzene rings is 2. The van der Waals surface area contributed by atoms with Gasteiger partial charge in [-0.1, -0.05) is 48.2 Å². The Morgan fingerprint density at radius 3 is 2.59 bits per heavy atom. The second-order valence-electron chi connectivity index (χ2n) is 6.56. The Balaban J connectivity index is 1.75. The molecule has 3 aromatic rings.